The largest absolute Gasteiger partial charge is 0.442 e. The van der Waals surface area contributed by atoms with Gasteiger partial charge in [0.15, 0.2) is 12.2 Å². The Morgan fingerprint density at radius 1 is 1.21 bits per heavy atom. The highest BCUT2D eigenvalue weighted by Crippen LogP contribution is 2.59. The molecule has 0 unspecified atom stereocenters. The Balaban J connectivity index is 0.000000727. The third-order valence-corrected chi connectivity index (χ3v) is 7.92. The zero-order chi connectivity index (χ0) is 32.5. The van der Waals surface area contributed by atoms with Gasteiger partial charge in [-0.05, 0) is 81.3 Å². The second-order valence-corrected chi connectivity index (χ2v) is 12.3. The van der Waals surface area contributed by atoms with Gasteiger partial charge in [0.1, 0.15) is 5.82 Å². The fourth-order valence-corrected chi connectivity index (χ4v) is 5.07. The Labute approximate surface area is 255 Å². The van der Waals surface area contributed by atoms with Crippen molar-refractivity contribution >= 4 is 17.5 Å². The smallest absolute Gasteiger partial charge is 0.419 e. The fourth-order valence-electron chi connectivity index (χ4n) is 4.45. The summed E-state index contributed by atoms with van der Waals surface area (Å²) in [6.07, 6.45) is 1.31. The highest BCUT2D eigenvalue weighted by molar-refractivity contribution is 7.99. The molecule has 0 amide bonds. The van der Waals surface area contributed by atoms with Gasteiger partial charge < -0.3 is 20.5 Å². The van der Waals surface area contributed by atoms with Gasteiger partial charge in [-0.3, -0.25) is 0 Å². The first kappa shape index (κ1) is 40.1. The first-order valence-electron chi connectivity index (χ1n) is 15.0. The number of halogens is 4. The van der Waals surface area contributed by atoms with Gasteiger partial charge in [0, 0.05) is 18.5 Å². The Morgan fingerprint density at radius 3 is 2.24 bits per heavy atom. The molecule has 1 saturated carbocycles. The molecule has 0 spiro atoms. The molecule has 1 aliphatic carbocycles. The van der Waals surface area contributed by atoms with E-state index in [4.69, 9.17) is 9.83 Å². The van der Waals surface area contributed by atoms with Crippen LogP contribution in [0, 0.1) is 30.0 Å². The molecular formula is C32H54F4N4OS. The quantitative estimate of drug-likeness (QED) is 0.175. The summed E-state index contributed by atoms with van der Waals surface area (Å²) in [5.74, 6) is 2.95. The molecule has 1 aromatic carbocycles. The van der Waals surface area contributed by atoms with Crippen LogP contribution in [0.1, 0.15) is 96.7 Å². The number of likely N-dealkylation sites (tertiary alicyclic amines) is 1. The lowest BCUT2D eigenvalue weighted by Crippen LogP contribution is -2.28. The normalized spacial score (nSPS) is 18.7. The number of thioether (sulfide) groups is 1. The van der Waals surface area contributed by atoms with Crippen LogP contribution >= 0.6 is 11.8 Å². The molecule has 0 bridgehead atoms. The van der Waals surface area contributed by atoms with E-state index in [0.29, 0.717) is 23.0 Å². The van der Waals surface area contributed by atoms with E-state index in [-0.39, 0.29) is 5.41 Å². The van der Waals surface area contributed by atoms with Gasteiger partial charge in [0.05, 0.1) is 17.0 Å². The lowest BCUT2D eigenvalue weighted by molar-refractivity contribution is -0.140. The summed E-state index contributed by atoms with van der Waals surface area (Å²) in [4.78, 5) is 6.18. The van der Waals surface area contributed by atoms with Crippen molar-refractivity contribution in [2.45, 2.75) is 92.7 Å². The molecule has 2 heterocycles. The van der Waals surface area contributed by atoms with Gasteiger partial charge in [-0.2, -0.15) is 24.9 Å². The number of nitrogens with two attached hydrogens (primary N) is 1. The summed E-state index contributed by atoms with van der Waals surface area (Å²) in [7, 11) is 1.50. The van der Waals surface area contributed by atoms with E-state index in [2.05, 4.69) is 57.2 Å². The maximum absolute atomic E-state index is 13.5. The molecule has 242 valence electrons. The van der Waals surface area contributed by atoms with E-state index in [1.165, 1.54) is 26.3 Å². The van der Waals surface area contributed by atoms with E-state index >= 15 is 0 Å². The molecule has 5 nitrogen and oxygen atoms in total. The molecule has 2 fully saturated rings. The van der Waals surface area contributed by atoms with Gasteiger partial charge in [0.25, 0.3) is 0 Å². The topological polar surface area (TPSA) is 79.1 Å². The van der Waals surface area contributed by atoms with Crippen LogP contribution in [0.15, 0.2) is 29.0 Å². The van der Waals surface area contributed by atoms with Crippen LogP contribution in [0.5, 0.6) is 0 Å². The number of benzene rings is 1. The summed E-state index contributed by atoms with van der Waals surface area (Å²) in [6.45, 7) is 19.3. The van der Waals surface area contributed by atoms with Gasteiger partial charge in [0.2, 0.25) is 0 Å². The minimum absolute atomic E-state index is 0.175. The van der Waals surface area contributed by atoms with E-state index in [1.807, 2.05) is 18.7 Å². The van der Waals surface area contributed by atoms with Crippen molar-refractivity contribution in [1.82, 2.24) is 9.88 Å². The molecule has 1 aliphatic heterocycles. The van der Waals surface area contributed by atoms with E-state index in [0.717, 1.165) is 67.7 Å². The number of nitrogens with one attached hydrogen (secondary N) is 1. The highest BCUT2D eigenvalue weighted by Gasteiger charge is 2.60. The van der Waals surface area contributed by atoms with Crippen LogP contribution in [0.3, 0.4) is 0 Å². The van der Waals surface area contributed by atoms with Gasteiger partial charge >= 0.3 is 6.18 Å². The summed E-state index contributed by atoms with van der Waals surface area (Å²) in [5.41, 5.74) is 5.05. The number of nitrogens with zero attached hydrogens (tertiary/aromatic N) is 2. The van der Waals surface area contributed by atoms with Crippen LogP contribution in [-0.4, -0.2) is 53.8 Å². The van der Waals surface area contributed by atoms with Crippen LogP contribution < -0.4 is 5.73 Å². The second kappa shape index (κ2) is 20.1. The number of piperidine rings is 1. The first-order valence-corrected chi connectivity index (χ1v) is 16.1. The minimum atomic E-state index is -4.63. The van der Waals surface area contributed by atoms with Crippen molar-refractivity contribution in [3.05, 3.63) is 53.0 Å². The number of fused-ring (bicyclic) bond motifs is 1. The number of aromatic nitrogens is 1. The van der Waals surface area contributed by atoms with Crippen LogP contribution in [0.25, 0.3) is 0 Å². The molecule has 4 rings (SSSR count). The molecule has 3 N–H and O–H groups in total. The minimum Gasteiger partial charge on any atom is -0.442 e. The van der Waals surface area contributed by atoms with Crippen molar-refractivity contribution in [3.8, 4) is 0 Å². The predicted molar refractivity (Wildman–Crippen MR) is 170 cm³/mol. The lowest BCUT2D eigenvalue weighted by Gasteiger charge is -2.21. The van der Waals surface area contributed by atoms with Crippen LogP contribution in [-0.2, 0) is 11.6 Å². The highest BCUT2D eigenvalue weighted by atomic mass is 32.2. The third-order valence-electron chi connectivity index (χ3n) is 6.93. The van der Waals surface area contributed by atoms with Crippen LogP contribution in [0.2, 0.25) is 0 Å². The van der Waals surface area contributed by atoms with Gasteiger partial charge in [-0.25, -0.2) is 9.37 Å². The molecule has 2 aliphatic rings. The number of hydrogen-bond acceptors (Lipinski definition) is 6. The number of aryl methyl sites for hydroxylation is 1. The van der Waals surface area contributed by atoms with Crippen molar-refractivity contribution < 1.29 is 22.0 Å². The molecule has 2 atom stereocenters. The maximum Gasteiger partial charge on any atom is 0.419 e. The third kappa shape index (κ3) is 13.2. The monoisotopic (exact) mass is 618 g/mol. The van der Waals surface area contributed by atoms with Crippen molar-refractivity contribution in [2.75, 3.05) is 38.2 Å². The van der Waals surface area contributed by atoms with E-state index in [1.54, 1.807) is 13.0 Å². The predicted octanol–water partition coefficient (Wildman–Crippen LogP) is 8.98. The zero-order valence-corrected chi connectivity index (χ0v) is 27.9. The standard InChI is InChI=1S/C17H21F4NS.C6H8N2O.C5H12.C3H8.CH5N/c1-2-23-7-3-6-22-10-13-9-16(13,11-22)12-4-5-15(18)14(8-12)17(19,20)21;1-4(7)6-5(2)8-3-9-6;1-4-5(2)3;1-3-2;1-2/h4-5,8,13H,2-3,6-7,9-11H2,1H3;3,7H,1-2H3;5H,4H2,1-3H3;3H2,1-2H3;2H2,1H3/t13-,16+;;;;/m1..../s1. The molecule has 1 aromatic heterocycles. The van der Waals surface area contributed by atoms with E-state index < -0.39 is 17.6 Å². The number of oxazole rings is 1. The van der Waals surface area contributed by atoms with Gasteiger partial charge in [-0.1, -0.05) is 60.5 Å². The molecule has 10 heteroatoms. The maximum atomic E-state index is 13.5. The Hall–Kier alpha value is -1.91. The molecular weight excluding hydrogens is 564 g/mol. The summed E-state index contributed by atoms with van der Waals surface area (Å²) in [5, 5.41) is 7.16. The van der Waals surface area contributed by atoms with Crippen molar-refractivity contribution in [1.29, 1.82) is 5.41 Å². The average molecular weight is 619 g/mol. The Bertz CT molecular complexity index is 1030. The summed E-state index contributed by atoms with van der Waals surface area (Å²) in [6, 6.07) is 3.55. The fraction of sp³-hybridized carbons (Fsp3) is 0.688. The molecule has 2 aromatic rings. The lowest BCUT2D eigenvalue weighted by atomic mass is 9.93. The Kier molecular flexibility index (Phi) is 19.2. The summed E-state index contributed by atoms with van der Waals surface area (Å²) < 4.78 is 57.1. The van der Waals surface area contributed by atoms with E-state index in [9.17, 15) is 17.6 Å². The average Bonchev–Trinajstić information content (AvgIpc) is 3.25. The van der Waals surface area contributed by atoms with Crippen LogP contribution in [0.4, 0.5) is 17.6 Å². The SMILES string of the molecule is CC(=N)c1ocnc1C.CCC.CCC(C)C.CCSCCCN1C[C@H]2C[C@@]2(c2ccc(F)c(C(F)(F)F)c2)C1.CN. The van der Waals surface area contributed by atoms with Crippen molar-refractivity contribution in [3.63, 3.8) is 0 Å². The number of rotatable bonds is 8. The Morgan fingerprint density at radius 2 is 1.81 bits per heavy atom. The second-order valence-electron chi connectivity index (χ2n) is 10.9. The summed E-state index contributed by atoms with van der Waals surface area (Å²) >= 11 is 1.91. The zero-order valence-electron chi connectivity index (χ0n) is 27.1. The molecule has 1 saturated heterocycles. The first-order chi connectivity index (χ1) is 19.8. The molecule has 42 heavy (non-hydrogen) atoms. The van der Waals surface area contributed by atoms with Gasteiger partial charge in [-0.15, -0.1) is 0 Å². The molecule has 0 radical (unpaired) electrons. The number of alkyl halides is 3. The van der Waals surface area contributed by atoms with Crippen molar-refractivity contribution in [2.24, 2.45) is 17.6 Å². The number of hydrogen-bond donors (Lipinski definition) is 2.